The standard InChI is InChI=1S/C23H26N2O4/c1-24(15-23(27)28)17-6-4-11-25(12-10-17)22(26)14-18-13-20-19-7-3-2-5-16(19)8-9-21(20)29-18/h2-3,5,7-9,13,17H,4,6,10-12,14-15H2,1H3,(H,27,28). The summed E-state index contributed by atoms with van der Waals surface area (Å²) < 4.78 is 5.95. The second kappa shape index (κ2) is 8.25. The average molecular weight is 394 g/mol. The van der Waals surface area contributed by atoms with Gasteiger partial charge in [-0.1, -0.05) is 30.3 Å². The van der Waals surface area contributed by atoms with E-state index in [2.05, 4.69) is 12.1 Å². The van der Waals surface area contributed by atoms with Crippen LogP contribution in [-0.4, -0.2) is 59.5 Å². The van der Waals surface area contributed by atoms with Gasteiger partial charge in [0.15, 0.2) is 0 Å². The molecule has 4 rings (SSSR count). The lowest BCUT2D eigenvalue weighted by Crippen LogP contribution is -2.37. The van der Waals surface area contributed by atoms with E-state index in [1.54, 1.807) is 0 Å². The molecule has 1 aliphatic heterocycles. The first-order valence-corrected chi connectivity index (χ1v) is 10.1. The van der Waals surface area contributed by atoms with Gasteiger partial charge in [0.1, 0.15) is 11.3 Å². The van der Waals surface area contributed by atoms with Gasteiger partial charge in [-0.25, -0.2) is 0 Å². The fourth-order valence-electron chi connectivity index (χ4n) is 4.30. The molecule has 1 N–H and O–H groups in total. The van der Waals surface area contributed by atoms with Crippen LogP contribution in [0, 0.1) is 0 Å². The summed E-state index contributed by atoms with van der Waals surface area (Å²) in [5.41, 5.74) is 0.803. The summed E-state index contributed by atoms with van der Waals surface area (Å²) in [4.78, 5) is 27.6. The Morgan fingerprint density at radius 3 is 2.79 bits per heavy atom. The number of carbonyl (C=O) groups is 2. The van der Waals surface area contributed by atoms with Gasteiger partial charge < -0.3 is 14.4 Å². The number of carboxylic acid groups (broad SMARTS) is 1. The fraction of sp³-hybridized carbons (Fsp3) is 0.391. The maximum absolute atomic E-state index is 12.9. The quantitative estimate of drug-likeness (QED) is 0.717. The minimum Gasteiger partial charge on any atom is -0.480 e. The zero-order chi connectivity index (χ0) is 20.4. The number of hydrogen-bond donors (Lipinski definition) is 1. The topological polar surface area (TPSA) is 74.0 Å². The van der Waals surface area contributed by atoms with Crippen molar-refractivity contribution in [3.63, 3.8) is 0 Å². The molecule has 6 nitrogen and oxygen atoms in total. The second-order valence-electron chi connectivity index (χ2n) is 7.86. The Labute approximate surface area is 169 Å². The molecule has 2 aromatic carbocycles. The highest BCUT2D eigenvalue weighted by molar-refractivity contribution is 6.06. The van der Waals surface area contributed by atoms with Crippen molar-refractivity contribution in [1.29, 1.82) is 0 Å². The van der Waals surface area contributed by atoms with Gasteiger partial charge >= 0.3 is 5.97 Å². The number of hydrogen-bond acceptors (Lipinski definition) is 4. The molecule has 29 heavy (non-hydrogen) atoms. The highest BCUT2D eigenvalue weighted by Gasteiger charge is 2.24. The zero-order valence-corrected chi connectivity index (χ0v) is 16.6. The van der Waals surface area contributed by atoms with Crippen LogP contribution in [0.5, 0.6) is 0 Å². The van der Waals surface area contributed by atoms with Gasteiger partial charge in [-0.15, -0.1) is 0 Å². The largest absolute Gasteiger partial charge is 0.480 e. The maximum Gasteiger partial charge on any atom is 0.317 e. The van der Waals surface area contributed by atoms with Crippen molar-refractivity contribution in [3.8, 4) is 0 Å². The Morgan fingerprint density at radius 2 is 1.97 bits per heavy atom. The molecule has 1 amide bonds. The molecule has 1 saturated heterocycles. The van der Waals surface area contributed by atoms with Gasteiger partial charge in [0.25, 0.3) is 0 Å². The average Bonchev–Trinajstić information content (AvgIpc) is 2.94. The third-order valence-electron chi connectivity index (χ3n) is 5.86. The van der Waals surface area contributed by atoms with Crippen LogP contribution >= 0.6 is 0 Å². The summed E-state index contributed by atoms with van der Waals surface area (Å²) in [6, 6.07) is 14.3. The Hall–Kier alpha value is -2.86. The van der Waals surface area contributed by atoms with E-state index in [0.29, 0.717) is 18.8 Å². The van der Waals surface area contributed by atoms with Crippen molar-refractivity contribution < 1.29 is 19.1 Å². The zero-order valence-electron chi connectivity index (χ0n) is 16.6. The number of benzene rings is 2. The number of furan rings is 1. The van der Waals surface area contributed by atoms with Crippen molar-refractivity contribution in [2.45, 2.75) is 31.7 Å². The molecular formula is C23H26N2O4. The number of amides is 1. The van der Waals surface area contributed by atoms with Crippen molar-refractivity contribution >= 4 is 33.6 Å². The Bertz CT molecular complexity index is 1040. The smallest absolute Gasteiger partial charge is 0.317 e. The predicted octanol–water partition coefficient (Wildman–Crippen LogP) is 3.53. The molecular weight excluding hydrogens is 368 g/mol. The Kier molecular flexibility index (Phi) is 5.53. The number of nitrogens with zero attached hydrogens (tertiary/aromatic N) is 2. The van der Waals surface area contributed by atoms with Crippen molar-refractivity contribution in [2.24, 2.45) is 0 Å². The van der Waals surface area contributed by atoms with Crippen LogP contribution in [0.15, 0.2) is 46.9 Å². The second-order valence-corrected chi connectivity index (χ2v) is 7.86. The predicted molar refractivity (Wildman–Crippen MR) is 112 cm³/mol. The van der Waals surface area contributed by atoms with Crippen LogP contribution in [-0.2, 0) is 16.0 Å². The van der Waals surface area contributed by atoms with E-state index < -0.39 is 5.97 Å². The molecule has 0 aliphatic carbocycles. The minimum atomic E-state index is -0.818. The first-order chi connectivity index (χ1) is 14.0. The van der Waals surface area contributed by atoms with Crippen LogP contribution in [0.4, 0.5) is 0 Å². The molecule has 0 bridgehead atoms. The van der Waals surface area contributed by atoms with E-state index in [0.717, 1.165) is 41.0 Å². The van der Waals surface area contributed by atoms with Gasteiger partial charge in [-0.2, -0.15) is 0 Å². The lowest BCUT2D eigenvalue weighted by atomic mass is 10.1. The number of aliphatic carboxylic acids is 1. The Balaban J connectivity index is 1.44. The summed E-state index contributed by atoms with van der Waals surface area (Å²) in [5, 5.41) is 12.3. The summed E-state index contributed by atoms with van der Waals surface area (Å²) in [7, 11) is 1.84. The maximum atomic E-state index is 12.9. The highest BCUT2D eigenvalue weighted by Crippen LogP contribution is 2.28. The van der Waals surface area contributed by atoms with Gasteiger partial charge in [0.2, 0.25) is 5.91 Å². The molecule has 0 radical (unpaired) electrons. The van der Waals surface area contributed by atoms with Crippen molar-refractivity contribution in [2.75, 3.05) is 26.7 Å². The van der Waals surface area contributed by atoms with E-state index in [-0.39, 0.29) is 24.9 Å². The first kappa shape index (κ1) is 19.5. The molecule has 152 valence electrons. The third kappa shape index (κ3) is 4.27. The normalized spacial score (nSPS) is 17.7. The third-order valence-corrected chi connectivity index (χ3v) is 5.86. The summed E-state index contributed by atoms with van der Waals surface area (Å²) in [5.74, 6) is -0.0675. The highest BCUT2D eigenvalue weighted by atomic mass is 16.4. The van der Waals surface area contributed by atoms with E-state index >= 15 is 0 Å². The summed E-state index contributed by atoms with van der Waals surface area (Å²) in [6.07, 6.45) is 2.83. The molecule has 0 saturated carbocycles. The van der Waals surface area contributed by atoms with E-state index in [1.807, 2.05) is 47.2 Å². The molecule has 2 heterocycles. The fourth-order valence-corrected chi connectivity index (χ4v) is 4.30. The Morgan fingerprint density at radius 1 is 1.14 bits per heavy atom. The van der Waals surface area contributed by atoms with Gasteiger partial charge in [0.05, 0.1) is 13.0 Å². The van der Waals surface area contributed by atoms with Crippen LogP contribution < -0.4 is 0 Å². The molecule has 0 spiro atoms. The summed E-state index contributed by atoms with van der Waals surface area (Å²) in [6.45, 7) is 1.39. The molecule has 3 aromatic rings. The number of rotatable bonds is 5. The van der Waals surface area contributed by atoms with Gasteiger partial charge in [-0.3, -0.25) is 14.5 Å². The number of carbonyl (C=O) groups excluding carboxylic acids is 1. The van der Waals surface area contributed by atoms with Crippen molar-refractivity contribution in [1.82, 2.24) is 9.80 Å². The van der Waals surface area contributed by atoms with E-state index in [4.69, 9.17) is 9.52 Å². The van der Waals surface area contributed by atoms with E-state index in [9.17, 15) is 9.59 Å². The van der Waals surface area contributed by atoms with Crippen molar-refractivity contribution in [3.05, 3.63) is 48.2 Å². The SMILES string of the molecule is CN(CC(=O)O)C1CCCN(C(=O)Cc2cc3c(ccc4ccccc43)o2)CC1. The lowest BCUT2D eigenvalue weighted by Gasteiger charge is -2.25. The summed E-state index contributed by atoms with van der Waals surface area (Å²) >= 11 is 0. The number of likely N-dealkylation sites (tertiary alicyclic amines) is 1. The van der Waals surface area contributed by atoms with Crippen LogP contribution in [0.1, 0.15) is 25.0 Å². The van der Waals surface area contributed by atoms with Crippen LogP contribution in [0.2, 0.25) is 0 Å². The van der Waals surface area contributed by atoms with E-state index in [1.165, 1.54) is 0 Å². The number of likely N-dealkylation sites (N-methyl/N-ethyl adjacent to an activating group) is 1. The first-order valence-electron chi connectivity index (χ1n) is 10.1. The number of carboxylic acids is 1. The van der Waals surface area contributed by atoms with Gasteiger partial charge in [0, 0.05) is 24.5 Å². The molecule has 1 unspecified atom stereocenters. The van der Waals surface area contributed by atoms with Crippen LogP contribution in [0.3, 0.4) is 0 Å². The minimum absolute atomic E-state index is 0.0333. The molecule has 1 atom stereocenters. The molecule has 6 heteroatoms. The molecule has 1 fully saturated rings. The van der Waals surface area contributed by atoms with Crippen LogP contribution in [0.25, 0.3) is 21.7 Å². The number of fused-ring (bicyclic) bond motifs is 3. The van der Waals surface area contributed by atoms with Gasteiger partial charge in [-0.05, 0) is 49.2 Å². The monoisotopic (exact) mass is 394 g/mol. The molecule has 1 aromatic heterocycles. The molecule has 1 aliphatic rings. The lowest BCUT2D eigenvalue weighted by molar-refractivity contribution is -0.138.